The quantitative estimate of drug-likeness (QED) is 0.641. The average Bonchev–Trinajstić information content (AvgIpc) is 2.14. The number of nitrogens with zero attached hydrogens (tertiary/aromatic N) is 1. The van der Waals surface area contributed by atoms with E-state index in [4.69, 9.17) is 5.73 Å². The third kappa shape index (κ3) is 2.43. The second-order valence-corrected chi connectivity index (χ2v) is 2.86. The normalized spacial score (nSPS) is 12.2. The molecule has 0 aliphatic heterocycles. The fourth-order valence-electron chi connectivity index (χ4n) is 1.21. The molecule has 1 rings (SSSR count). The molecular weight excluding hydrogens is 238 g/mol. The number of nitrogens with two attached hydrogens (primary N) is 1. The first-order valence-electron chi connectivity index (χ1n) is 4.02. The molecule has 1 heterocycles. The molecule has 0 aliphatic carbocycles. The molecule has 16 heavy (non-hydrogen) atoms. The lowest BCUT2D eigenvalue weighted by atomic mass is 10.1. The topological polar surface area (TPSA) is 38.9 Å². The van der Waals surface area contributed by atoms with Gasteiger partial charge in [0, 0.05) is 12.6 Å². The zero-order valence-corrected chi connectivity index (χ0v) is 7.65. The predicted molar refractivity (Wildman–Crippen MR) is 42.0 cm³/mol. The van der Waals surface area contributed by atoms with Crippen molar-refractivity contribution in [3.8, 4) is 0 Å². The second kappa shape index (κ2) is 4.28. The van der Waals surface area contributed by atoms with E-state index >= 15 is 0 Å². The van der Waals surface area contributed by atoms with Gasteiger partial charge < -0.3 is 5.73 Å². The Balaban J connectivity index is 3.51. The summed E-state index contributed by atoms with van der Waals surface area (Å²) in [7, 11) is 0. The number of aromatic nitrogens is 1. The number of rotatable bonds is 2. The second-order valence-electron chi connectivity index (χ2n) is 2.86. The number of alkyl halides is 5. The van der Waals surface area contributed by atoms with Crippen molar-refractivity contribution in [2.75, 3.05) is 0 Å². The minimum Gasteiger partial charge on any atom is -0.325 e. The molecule has 0 atom stereocenters. The van der Waals surface area contributed by atoms with Crippen molar-refractivity contribution >= 4 is 0 Å². The molecule has 0 bridgehead atoms. The van der Waals surface area contributed by atoms with Gasteiger partial charge in [0.05, 0.1) is 16.8 Å². The SMILES string of the molecule is NCc1nc(F)cc(C(F)(F)F)c1C(F)F. The van der Waals surface area contributed by atoms with E-state index in [1.807, 2.05) is 0 Å². The van der Waals surface area contributed by atoms with Crippen LogP contribution in [0.15, 0.2) is 6.07 Å². The van der Waals surface area contributed by atoms with E-state index in [-0.39, 0.29) is 6.07 Å². The van der Waals surface area contributed by atoms with Crippen LogP contribution in [-0.4, -0.2) is 4.98 Å². The van der Waals surface area contributed by atoms with Gasteiger partial charge in [-0.25, -0.2) is 13.8 Å². The highest BCUT2D eigenvalue weighted by Gasteiger charge is 2.38. The number of hydrogen-bond acceptors (Lipinski definition) is 2. The van der Waals surface area contributed by atoms with Gasteiger partial charge in [-0.05, 0) is 0 Å². The van der Waals surface area contributed by atoms with E-state index in [0.717, 1.165) is 0 Å². The van der Waals surface area contributed by atoms with Gasteiger partial charge in [-0.2, -0.15) is 17.6 Å². The molecule has 0 radical (unpaired) electrons. The van der Waals surface area contributed by atoms with Crippen molar-refractivity contribution in [3.63, 3.8) is 0 Å². The first-order chi connectivity index (χ1) is 7.27. The molecule has 1 aromatic heterocycles. The maximum Gasteiger partial charge on any atom is 0.417 e. The van der Waals surface area contributed by atoms with E-state index in [1.165, 1.54) is 0 Å². The molecule has 0 amide bonds. The molecule has 90 valence electrons. The molecule has 2 nitrogen and oxygen atoms in total. The van der Waals surface area contributed by atoms with Crippen LogP contribution in [0.1, 0.15) is 23.2 Å². The van der Waals surface area contributed by atoms with Crippen molar-refractivity contribution in [3.05, 3.63) is 28.8 Å². The third-order valence-corrected chi connectivity index (χ3v) is 1.82. The van der Waals surface area contributed by atoms with Crippen LogP contribution < -0.4 is 5.73 Å². The summed E-state index contributed by atoms with van der Waals surface area (Å²) in [5.41, 5.74) is 1.05. The third-order valence-electron chi connectivity index (χ3n) is 1.82. The predicted octanol–water partition coefficient (Wildman–Crippen LogP) is 2.64. The Morgan fingerprint density at radius 1 is 1.31 bits per heavy atom. The number of pyridine rings is 1. The summed E-state index contributed by atoms with van der Waals surface area (Å²) in [5, 5.41) is 0. The van der Waals surface area contributed by atoms with E-state index < -0.39 is 41.9 Å². The van der Waals surface area contributed by atoms with Gasteiger partial charge in [-0.15, -0.1) is 0 Å². The van der Waals surface area contributed by atoms with Gasteiger partial charge in [0.1, 0.15) is 0 Å². The molecule has 1 aromatic rings. The lowest BCUT2D eigenvalue weighted by molar-refractivity contribution is -0.139. The van der Waals surface area contributed by atoms with Crippen molar-refractivity contribution in [2.45, 2.75) is 19.1 Å². The van der Waals surface area contributed by atoms with Crippen molar-refractivity contribution in [2.24, 2.45) is 5.73 Å². The van der Waals surface area contributed by atoms with Crippen LogP contribution in [-0.2, 0) is 12.7 Å². The van der Waals surface area contributed by atoms with E-state index in [9.17, 15) is 26.3 Å². The highest BCUT2D eigenvalue weighted by atomic mass is 19.4. The van der Waals surface area contributed by atoms with Gasteiger partial charge in [0.25, 0.3) is 6.43 Å². The van der Waals surface area contributed by atoms with Crippen LogP contribution in [0, 0.1) is 5.95 Å². The minimum absolute atomic E-state index is 0.0688. The summed E-state index contributed by atoms with van der Waals surface area (Å²) in [5.74, 6) is -1.49. The van der Waals surface area contributed by atoms with Crippen molar-refractivity contribution in [1.29, 1.82) is 0 Å². The molecule has 0 aliphatic rings. The fourth-order valence-corrected chi connectivity index (χ4v) is 1.21. The van der Waals surface area contributed by atoms with E-state index in [0.29, 0.717) is 0 Å². The lowest BCUT2D eigenvalue weighted by Crippen LogP contribution is -2.16. The highest BCUT2D eigenvalue weighted by molar-refractivity contribution is 5.33. The zero-order chi connectivity index (χ0) is 12.5. The molecular formula is C8H6F6N2. The van der Waals surface area contributed by atoms with Crippen LogP contribution >= 0.6 is 0 Å². The first-order valence-corrected chi connectivity index (χ1v) is 4.02. The Morgan fingerprint density at radius 3 is 2.25 bits per heavy atom. The molecule has 2 N–H and O–H groups in total. The summed E-state index contributed by atoms with van der Waals surface area (Å²) in [4.78, 5) is 2.92. The summed E-state index contributed by atoms with van der Waals surface area (Å²) in [6, 6.07) is -0.0688. The molecule has 0 unspecified atom stereocenters. The van der Waals surface area contributed by atoms with Crippen LogP contribution in [0.25, 0.3) is 0 Å². The van der Waals surface area contributed by atoms with Crippen LogP contribution in [0.2, 0.25) is 0 Å². The number of hydrogen-bond donors (Lipinski definition) is 1. The van der Waals surface area contributed by atoms with Gasteiger partial charge >= 0.3 is 6.18 Å². The summed E-state index contributed by atoms with van der Waals surface area (Å²) in [6.45, 7) is -0.694. The maximum absolute atomic E-state index is 12.7. The Bertz CT molecular complexity index is 387. The Hall–Kier alpha value is -1.31. The van der Waals surface area contributed by atoms with Crippen LogP contribution in [0.5, 0.6) is 0 Å². The Morgan fingerprint density at radius 2 is 1.88 bits per heavy atom. The van der Waals surface area contributed by atoms with Gasteiger partial charge in [0.2, 0.25) is 5.95 Å². The summed E-state index contributed by atoms with van der Waals surface area (Å²) in [6.07, 6.45) is -8.48. The molecule has 0 saturated heterocycles. The molecule has 0 spiro atoms. The smallest absolute Gasteiger partial charge is 0.325 e. The summed E-state index contributed by atoms with van der Waals surface area (Å²) >= 11 is 0. The molecule has 8 heteroatoms. The minimum atomic E-state index is -5.07. The lowest BCUT2D eigenvalue weighted by Gasteiger charge is -2.14. The monoisotopic (exact) mass is 244 g/mol. The van der Waals surface area contributed by atoms with Crippen LogP contribution in [0.4, 0.5) is 26.3 Å². The van der Waals surface area contributed by atoms with Crippen molar-refractivity contribution < 1.29 is 26.3 Å². The molecule has 0 saturated carbocycles. The number of halogens is 6. The zero-order valence-electron chi connectivity index (χ0n) is 7.65. The van der Waals surface area contributed by atoms with Crippen molar-refractivity contribution in [1.82, 2.24) is 4.98 Å². The Kier molecular flexibility index (Phi) is 3.41. The fraction of sp³-hybridized carbons (Fsp3) is 0.375. The standard InChI is InChI=1S/C8H6F6N2/c9-5-1-3(8(12,13)14)6(7(10)11)4(2-15)16-5/h1,7H,2,15H2. The largest absolute Gasteiger partial charge is 0.417 e. The first kappa shape index (κ1) is 12.8. The van der Waals surface area contributed by atoms with Gasteiger partial charge in [0.15, 0.2) is 0 Å². The highest BCUT2D eigenvalue weighted by Crippen LogP contribution is 2.37. The van der Waals surface area contributed by atoms with Gasteiger partial charge in [-0.1, -0.05) is 0 Å². The van der Waals surface area contributed by atoms with Gasteiger partial charge in [-0.3, -0.25) is 0 Å². The van der Waals surface area contributed by atoms with E-state index in [1.54, 1.807) is 0 Å². The summed E-state index contributed by atoms with van der Waals surface area (Å²) < 4.78 is 74.5. The van der Waals surface area contributed by atoms with Crippen LogP contribution in [0.3, 0.4) is 0 Å². The Labute approximate surface area is 86.1 Å². The molecule has 0 aromatic carbocycles. The van der Waals surface area contributed by atoms with E-state index in [2.05, 4.69) is 4.98 Å². The molecule has 0 fully saturated rings. The maximum atomic E-state index is 12.7. The average molecular weight is 244 g/mol.